The Labute approximate surface area is 112 Å². The highest BCUT2D eigenvalue weighted by Crippen LogP contribution is 2.25. The fourth-order valence-corrected chi connectivity index (χ4v) is 2.81. The van der Waals surface area contributed by atoms with Crippen molar-refractivity contribution in [1.82, 2.24) is 9.55 Å². The molecule has 1 aliphatic rings. The average Bonchev–Trinajstić information content (AvgIpc) is 2.43. The van der Waals surface area contributed by atoms with Gasteiger partial charge in [-0.3, -0.25) is 9.36 Å². The van der Waals surface area contributed by atoms with Gasteiger partial charge in [0.25, 0.3) is 5.56 Å². The molecule has 0 amide bonds. The van der Waals surface area contributed by atoms with E-state index in [4.69, 9.17) is 9.72 Å². The minimum Gasteiger partial charge on any atom is -0.381 e. The molecule has 2 aromatic rings. The van der Waals surface area contributed by atoms with Gasteiger partial charge in [0, 0.05) is 26.2 Å². The first kappa shape index (κ1) is 12.4. The predicted molar refractivity (Wildman–Crippen MR) is 74.5 cm³/mol. The highest BCUT2D eigenvalue weighted by Gasteiger charge is 2.21. The monoisotopic (exact) mass is 258 g/mol. The topological polar surface area (TPSA) is 44.1 Å². The summed E-state index contributed by atoms with van der Waals surface area (Å²) >= 11 is 0. The second-order valence-electron chi connectivity index (χ2n) is 5.19. The summed E-state index contributed by atoms with van der Waals surface area (Å²) in [6.07, 6.45) is 1.88. The number of ether oxygens (including phenoxy) is 1. The number of fused-ring (bicyclic) bond motifs is 1. The van der Waals surface area contributed by atoms with Crippen molar-refractivity contribution in [3.05, 3.63) is 39.9 Å². The molecule has 1 fully saturated rings. The molecule has 1 aromatic carbocycles. The van der Waals surface area contributed by atoms with Crippen LogP contribution < -0.4 is 5.56 Å². The fraction of sp³-hybridized carbons (Fsp3) is 0.467. The lowest BCUT2D eigenvalue weighted by molar-refractivity contribution is 0.0828. The van der Waals surface area contributed by atoms with E-state index in [9.17, 15) is 4.79 Å². The van der Waals surface area contributed by atoms with Crippen molar-refractivity contribution in [2.24, 2.45) is 7.05 Å². The molecule has 0 saturated carbocycles. The molecule has 0 atom stereocenters. The average molecular weight is 258 g/mol. The Morgan fingerprint density at radius 3 is 2.79 bits per heavy atom. The van der Waals surface area contributed by atoms with Gasteiger partial charge in [-0.2, -0.15) is 0 Å². The van der Waals surface area contributed by atoms with Crippen LogP contribution in [0.3, 0.4) is 0 Å². The van der Waals surface area contributed by atoms with E-state index in [1.165, 1.54) is 0 Å². The molecule has 100 valence electrons. The summed E-state index contributed by atoms with van der Waals surface area (Å²) in [6.45, 7) is 3.47. The van der Waals surface area contributed by atoms with E-state index in [1.54, 1.807) is 4.57 Å². The fourth-order valence-electron chi connectivity index (χ4n) is 2.81. The van der Waals surface area contributed by atoms with Crippen molar-refractivity contribution in [3.63, 3.8) is 0 Å². The van der Waals surface area contributed by atoms with Gasteiger partial charge in [0.1, 0.15) is 5.82 Å². The summed E-state index contributed by atoms with van der Waals surface area (Å²) in [6, 6.07) is 5.84. The second kappa shape index (κ2) is 4.78. The Balaban J connectivity index is 2.21. The minimum atomic E-state index is 0.0598. The molecule has 0 unspecified atom stereocenters. The first-order chi connectivity index (χ1) is 9.18. The lowest BCUT2D eigenvalue weighted by Crippen LogP contribution is -2.27. The molecule has 0 aliphatic carbocycles. The molecule has 3 rings (SSSR count). The van der Waals surface area contributed by atoms with E-state index in [1.807, 2.05) is 32.2 Å². The first-order valence-corrected chi connectivity index (χ1v) is 6.72. The van der Waals surface area contributed by atoms with Gasteiger partial charge < -0.3 is 4.74 Å². The van der Waals surface area contributed by atoms with E-state index in [-0.39, 0.29) is 5.56 Å². The molecule has 1 saturated heterocycles. The minimum absolute atomic E-state index is 0.0598. The predicted octanol–water partition coefficient (Wildman–Crippen LogP) is 2.14. The van der Waals surface area contributed by atoms with Crippen LogP contribution in [0, 0.1) is 6.92 Å². The van der Waals surface area contributed by atoms with E-state index in [0.29, 0.717) is 5.92 Å². The molecule has 1 aromatic heterocycles. The summed E-state index contributed by atoms with van der Waals surface area (Å²) in [4.78, 5) is 17.2. The van der Waals surface area contributed by atoms with Crippen LogP contribution in [0.1, 0.15) is 30.1 Å². The van der Waals surface area contributed by atoms with Crippen LogP contribution in [0.25, 0.3) is 10.9 Å². The molecule has 4 heteroatoms. The first-order valence-electron chi connectivity index (χ1n) is 6.72. The Hall–Kier alpha value is -1.68. The van der Waals surface area contributed by atoms with Crippen molar-refractivity contribution in [2.45, 2.75) is 25.7 Å². The van der Waals surface area contributed by atoms with Crippen LogP contribution in [0.2, 0.25) is 0 Å². The number of hydrogen-bond donors (Lipinski definition) is 0. The van der Waals surface area contributed by atoms with Crippen molar-refractivity contribution in [2.75, 3.05) is 13.2 Å². The third kappa shape index (κ3) is 2.06. The maximum Gasteiger partial charge on any atom is 0.261 e. The molecule has 4 nitrogen and oxygen atoms in total. The molecule has 0 bridgehead atoms. The quantitative estimate of drug-likeness (QED) is 0.787. The van der Waals surface area contributed by atoms with E-state index in [0.717, 1.165) is 48.3 Å². The number of rotatable bonds is 1. The third-order valence-corrected chi connectivity index (χ3v) is 3.93. The number of aromatic nitrogens is 2. The van der Waals surface area contributed by atoms with Gasteiger partial charge in [-0.05, 0) is 31.4 Å². The Kier molecular flexibility index (Phi) is 3.11. The highest BCUT2D eigenvalue weighted by molar-refractivity contribution is 5.81. The molecule has 0 radical (unpaired) electrons. The maximum atomic E-state index is 12.5. The Morgan fingerprint density at radius 2 is 2.05 bits per heavy atom. The van der Waals surface area contributed by atoms with Crippen molar-refractivity contribution < 1.29 is 4.74 Å². The van der Waals surface area contributed by atoms with E-state index >= 15 is 0 Å². The smallest absolute Gasteiger partial charge is 0.261 e. The van der Waals surface area contributed by atoms with Gasteiger partial charge in [-0.25, -0.2) is 4.98 Å². The summed E-state index contributed by atoms with van der Waals surface area (Å²) in [5, 5.41) is 0.737. The lowest BCUT2D eigenvalue weighted by Gasteiger charge is -2.23. The molecular formula is C15H18N2O2. The van der Waals surface area contributed by atoms with Crippen LogP contribution >= 0.6 is 0 Å². The van der Waals surface area contributed by atoms with Gasteiger partial charge in [0.15, 0.2) is 0 Å². The highest BCUT2D eigenvalue weighted by atomic mass is 16.5. The van der Waals surface area contributed by atoms with Gasteiger partial charge in [-0.1, -0.05) is 12.1 Å². The number of hydrogen-bond acceptors (Lipinski definition) is 3. The van der Waals surface area contributed by atoms with Gasteiger partial charge in [0.2, 0.25) is 0 Å². The summed E-state index contributed by atoms with van der Waals surface area (Å²) in [7, 11) is 1.83. The van der Waals surface area contributed by atoms with Crippen molar-refractivity contribution >= 4 is 10.9 Å². The molecule has 19 heavy (non-hydrogen) atoms. The third-order valence-electron chi connectivity index (χ3n) is 3.93. The molecular weight excluding hydrogens is 240 g/mol. The summed E-state index contributed by atoms with van der Waals surface area (Å²) in [5.74, 6) is 1.22. The normalized spacial score (nSPS) is 16.9. The zero-order chi connectivity index (χ0) is 13.4. The number of aryl methyl sites for hydroxylation is 1. The van der Waals surface area contributed by atoms with Crippen LogP contribution in [0.15, 0.2) is 23.0 Å². The van der Waals surface area contributed by atoms with Crippen molar-refractivity contribution in [3.8, 4) is 0 Å². The standard InChI is InChI=1S/C15H18N2O2/c1-10-4-3-5-12-13(10)15(18)17(2)14(16-12)11-6-8-19-9-7-11/h3-5,11H,6-9H2,1-2H3. The maximum absolute atomic E-state index is 12.5. The summed E-state index contributed by atoms with van der Waals surface area (Å²) in [5.41, 5.74) is 1.86. The van der Waals surface area contributed by atoms with Crippen LogP contribution in [0.5, 0.6) is 0 Å². The van der Waals surface area contributed by atoms with E-state index < -0.39 is 0 Å². The lowest BCUT2D eigenvalue weighted by atomic mass is 9.98. The number of nitrogens with zero attached hydrogens (tertiary/aromatic N) is 2. The molecule has 2 heterocycles. The molecule has 0 N–H and O–H groups in total. The Morgan fingerprint density at radius 1 is 1.32 bits per heavy atom. The SMILES string of the molecule is Cc1cccc2nc(C3CCOCC3)n(C)c(=O)c12. The Bertz CT molecular complexity index is 670. The number of benzene rings is 1. The van der Waals surface area contributed by atoms with Gasteiger partial charge in [0.05, 0.1) is 10.9 Å². The second-order valence-corrected chi connectivity index (χ2v) is 5.19. The van der Waals surface area contributed by atoms with Crippen LogP contribution in [0.4, 0.5) is 0 Å². The van der Waals surface area contributed by atoms with Gasteiger partial charge >= 0.3 is 0 Å². The molecule has 1 aliphatic heterocycles. The van der Waals surface area contributed by atoms with Crippen LogP contribution in [-0.4, -0.2) is 22.8 Å². The van der Waals surface area contributed by atoms with Crippen molar-refractivity contribution in [1.29, 1.82) is 0 Å². The molecule has 0 spiro atoms. The largest absolute Gasteiger partial charge is 0.381 e. The summed E-state index contributed by atoms with van der Waals surface area (Å²) < 4.78 is 7.10. The van der Waals surface area contributed by atoms with E-state index in [2.05, 4.69) is 0 Å². The van der Waals surface area contributed by atoms with Crippen LogP contribution in [-0.2, 0) is 11.8 Å². The zero-order valence-electron chi connectivity index (χ0n) is 11.3. The zero-order valence-corrected chi connectivity index (χ0v) is 11.3. The van der Waals surface area contributed by atoms with Gasteiger partial charge in [-0.15, -0.1) is 0 Å².